The average molecular weight is 345 g/mol. The van der Waals surface area contributed by atoms with Crippen LogP contribution >= 0.6 is 0 Å². The van der Waals surface area contributed by atoms with Gasteiger partial charge in [-0.1, -0.05) is 0 Å². The largest absolute Gasteiger partial charge is 0.489 e. The zero-order chi connectivity index (χ0) is 18.0. The van der Waals surface area contributed by atoms with Gasteiger partial charge in [0.25, 0.3) is 0 Å². The van der Waals surface area contributed by atoms with E-state index in [0.29, 0.717) is 26.1 Å². The molecule has 1 atom stereocenters. The minimum atomic E-state index is -0.226. The lowest BCUT2D eigenvalue weighted by Gasteiger charge is -2.34. The Kier molecular flexibility index (Phi) is 4.97. The molecule has 3 heterocycles. The lowest BCUT2D eigenvalue weighted by Crippen LogP contribution is -2.46. The third kappa shape index (κ3) is 4.11. The van der Waals surface area contributed by atoms with Crippen LogP contribution in [-0.4, -0.2) is 57.9 Å². The fourth-order valence-electron chi connectivity index (χ4n) is 3.58. The van der Waals surface area contributed by atoms with E-state index in [1.165, 1.54) is 0 Å². The Morgan fingerprint density at radius 1 is 1.28 bits per heavy atom. The van der Waals surface area contributed by atoms with Crippen LogP contribution in [0.25, 0.3) is 0 Å². The second kappa shape index (κ2) is 7.02. The molecule has 0 spiro atoms. The van der Waals surface area contributed by atoms with Crippen molar-refractivity contribution in [1.82, 2.24) is 14.8 Å². The van der Waals surface area contributed by atoms with Gasteiger partial charge in [-0.3, -0.25) is 14.6 Å². The van der Waals surface area contributed by atoms with Gasteiger partial charge in [-0.25, -0.2) is 0 Å². The standard InChI is InChI=1S/C19H27N3O3/c1-19(2,3)22-13-14(11-17(22)23)18(24)21-9-6-15(7-10-21)25-16-5-4-8-20-12-16/h4-5,8,12,14-15H,6-7,9-11,13H2,1-3H3/t14-/m1/s1. The summed E-state index contributed by atoms with van der Waals surface area (Å²) in [6, 6.07) is 3.75. The summed E-state index contributed by atoms with van der Waals surface area (Å²) in [4.78, 5) is 32.8. The van der Waals surface area contributed by atoms with E-state index in [2.05, 4.69) is 4.98 Å². The minimum Gasteiger partial charge on any atom is -0.489 e. The van der Waals surface area contributed by atoms with E-state index in [-0.39, 0.29) is 29.4 Å². The molecule has 6 nitrogen and oxygen atoms in total. The van der Waals surface area contributed by atoms with Gasteiger partial charge in [0.05, 0.1) is 12.1 Å². The summed E-state index contributed by atoms with van der Waals surface area (Å²) in [5.41, 5.74) is -0.226. The smallest absolute Gasteiger partial charge is 0.227 e. The van der Waals surface area contributed by atoms with Crippen LogP contribution in [0.1, 0.15) is 40.0 Å². The Hall–Kier alpha value is -2.11. The van der Waals surface area contributed by atoms with Crippen LogP contribution in [0.4, 0.5) is 0 Å². The number of rotatable bonds is 3. The van der Waals surface area contributed by atoms with Crippen molar-refractivity contribution in [3.05, 3.63) is 24.5 Å². The maximum atomic E-state index is 12.8. The molecule has 2 fully saturated rings. The molecule has 25 heavy (non-hydrogen) atoms. The molecular weight excluding hydrogens is 318 g/mol. The van der Waals surface area contributed by atoms with E-state index in [9.17, 15) is 9.59 Å². The molecule has 2 aliphatic rings. The van der Waals surface area contributed by atoms with Gasteiger partial charge in [-0.2, -0.15) is 0 Å². The summed E-state index contributed by atoms with van der Waals surface area (Å²) in [6.07, 6.45) is 5.50. The van der Waals surface area contributed by atoms with Gasteiger partial charge in [0, 0.05) is 50.6 Å². The summed E-state index contributed by atoms with van der Waals surface area (Å²) < 4.78 is 5.92. The lowest BCUT2D eigenvalue weighted by molar-refractivity contribution is -0.137. The number of likely N-dealkylation sites (tertiary alicyclic amines) is 2. The predicted molar refractivity (Wildman–Crippen MR) is 94.0 cm³/mol. The molecule has 1 aromatic rings. The van der Waals surface area contributed by atoms with Crippen LogP contribution < -0.4 is 4.74 Å². The Labute approximate surface area is 149 Å². The average Bonchev–Trinajstić information content (AvgIpc) is 2.98. The Morgan fingerprint density at radius 3 is 2.56 bits per heavy atom. The van der Waals surface area contributed by atoms with Crippen LogP contribution in [0, 0.1) is 5.92 Å². The predicted octanol–water partition coefficient (Wildman–Crippen LogP) is 2.10. The van der Waals surface area contributed by atoms with Gasteiger partial charge in [0.1, 0.15) is 11.9 Å². The van der Waals surface area contributed by atoms with Gasteiger partial charge < -0.3 is 14.5 Å². The highest BCUT2D eigenvalue weighted by atomic mass is 16.5. The Bertz CT molecular complexity index is 619. The normalized spacial score (nSPS) is 22.4. The number of carbonyl (C=O) groups is 2. The van der Waals surface area contributed by atoms with Crippen molar-refractivity contribution < 1.29 is 14.3 Å². The van der Waals surface area contributed by atoms with Crippen molar-refractivity contribution in [3.63, 3.8) is 0 Å². The van der Waals surface area contributed by atoms with Gasteiger partial charge >= 0.3 is 0 Å². The molecule has 0 aromatic carbocycles. The maximum Gasteiger partial charge on any atom is 0.227 e. The zero-order valence-electron chi connectivity index (χ0n) is 15.3. The second-order valence-electron chi connectivity index (χ2n) is 7.91. The number of aromatic nitrogens is 1. The SMILES string of the molecule is CC(C)(C)N1C[C@H](C(=O)N2CCC(Oc3cccnc3)CC2)CC1=O. The summed E-state index contributed by atoms with van der Waals surface area (Å²) >= 11 is 0. The first kappa shape index (κ1) is 17.7. The summed E-state index contributed by atoms with van der Waals surface area (Å²) in [5.74, 6) is 0.762. The summed E-state index contributed by atoms with van der Waals surface area (Å²) in [6.45, 7) is 7.94. The van der Waals surface area contributed by atoms with Gasteiger partial charge in [-0.15, -0.1) is 0 Å². The van der Waals surface area contributed by atoms with E-state index in [1.54, 1.807) is 12.4 Å². The number of amides is 2. The highest BCUT2D eigenvalue weighted by molar-refractivity contribution is 5.89. The monoisotopic (exact) mass is 345 g/mol. The quantitative estimate of drug-likeness (QED) is 0.842. The van der Waals surface area contributed by atoms with Crippen molar-refractivity contribution in [2.45, 2.75) is 51.7 Å². The molecule has 0 N–H and O–H groups in total. The number of hydrogen-bond donors (Lipinski definition) is 0. The van der Waals surface area contributed by atoms with Crippen LogP contribution in [-0.2, 0) is 9.59 Å². The van der Waals surface area contributed by atoms with Crippen molar-refractivity contribution in [1.29, 1.82) is 0 Å². The van der Waals surface area contributed by atoms with Gasteiger partial charge in [0.15, 0.2) is 0 Å². The molecule has 2 aliphatic heterocycles. The first-order chi connectivity index (χ1) is 11.8. The number of ether oxygens (including phenoxy) is 1. The fraction of sp³-hybridized carbons (Fsp3) is 0.632. The van der Waals surface area contributed by atoms with Crippen molar-refractivity contribution >= 4 is 11.8 Å². The van der Waals surface area contributed by atoms with Crippen LogP contribution in [0.3, 0.4) is 0 Å². The van der Waals surface area contributed by atoms with E-state index in [0.717, 1.165) is 18.6 Å². The number of carbonyl (C=O) groups excluding carboxylic acids is 2. The summed E-state index contributed by atoms with van der Waals surface area (Å²) in [5, 5.41) is 0. The molecule has 6 heteroatoms. The molecule has 136 valence electrons. The minimum absolute atomic E-state index is 0.0839. The molecule has 2 amide bonds. The number of hydrogen-bond acceptors (Lipinski definition) is 4. The first-order valence-corrected chi connectivity index (χ1v) is 9.00. The molecule has 1 aromatic heterocycles. The molecule has 0 radical (unpaired) electrons. The molecule has 0 unspecified atom stereocenters. The zero-order valence-corrected chi connectivity index (χ0v) is 15.3. The van der Waals surface area contributed by atoms with Crippen LogP contribution in [0.2, 0.25) is 0 Å². The van der Waals surface area contributed by atoms with Crippen molar-refractivity contribution in [3.8, 4) is 5.75 Å². The number of nitrogens with zero attached hydrogens (tertiary/aromatic N) is 3. The van der Waals surface area contributed by atoms with Gasteiger partial charge in [-0.05, 0) is 32.9 Å². The van der Waals surface area contributed by atoms with Crippen LogP contribution in [0.15, 0.2) is 24.5 Å². The van der Waals surface area contributed by atoms with E-state index < -0.39 is 0 Å². The highest BCUT2D eigenvalue weighted by Gasteiger charge is 2.41. The molecular formula is C19H27N3O3. The molecule has 3 rings (SSSR count). The Balaban J connectivity index is 1.51. The van der Waals surface area contributed by atoms with Gasteiger partial charge in [0.2, 0.25) is 11.8 Å². The van der Waals surface area contributed by atoms with E-state index in [1.807, 2.05) is 42.7 Å². The third-order valence-electron chi connectivity index (χ3n) is 4.97. The highest BCUT2D eigenvalue weighted by Crippen LogP contribution is 2.28. The second-order valence-corrected chi connectivity index (χ2v) is 7.91. The third-order valence-corrected chi connectivity index (χ3v) is 4.97. The molecule has 0 bridgehead atoms. The Morgan fingerprint density at radius 2 is 2.00 bits per heavy atom. The molecule has 0 saturated carbocycles. The van der Waals surface area contributed by atoms with E-state index in [4.69, 9.17) is 4.74 Å². The molecule has 0 aliphatic carbocycles. The number of pyridine rings is 1. The maximum absolute atomic E-state index is 12.8. The fourth-order valence-corrected chi connectivity index (χ4v) is 3.58. The first-order valence-electron chi connectivity index (χ1n) is 9.00. The van der Waals surface area contributed by atoms with Crippen molar-refractivity contribution in [2.75, 3.05) is 19.6 Å². The number of piperidine rings is 1. The summed E-state index contributed by atoms with van der Waals surface area (Å²) in [7, 11) is 0. The van der Waals surface area contributed by atoms with E-state index >= 15 is 0 Å². The molecule has 2 saturated heterocycles. The lowest BCUT2D eigenvalue weighted by atomic mass is 10.0. The van der Waals surface area contributed by atoms with Crippen molar-refractivity contribution in [2.24, 2.45) is 5.92 Å². The topological polar surface area (TPSA) is 62.7 Å². The van der Waals surface area contributed by atoms with Crippen LogP contribution in [0.5, 0.6) is 5.75 Å².